The molecule has 6 heteroatoms. The number of hydrogen-bond acceptors (Lipinski definition) is 4. The van der Waals surface area contributed by atoms with Crippen LogP contribution >= 0.6 is 11.8 Å². The first-order chi connectivity index (χ1) is 9.57. The molecule has 112 valence electrons. The highest BCUT2D eigenvalue weighted by Crippen LogP contribution is 2.27. The summed E-state index contributed by atoms with van der Waals surface area (Å²) in [5, 5.41) is 0. The molecule has 1 heterocycles. The zero-order chi connectivity index (χ0) is 14.6. The van der Waals surface area contributed by atoms with Gasteiger partial charge in [-0.3, -0.25) is 0 Å². The molecule has 1 fully saturated rings. The minimum absolute atomic E-state index is 0.396. The Morgan fingerprint density at radius 2 is 2.25 bits per heavy atom. The summed E-state index contributed by atoms with van der Waals surface area (Å²) in [5.74, 6) is 0.396. The fourth-order valence-corrected chi connectivity index (χ4v) is 4.76. The number of benzene rings is 1. The zero-order valence-corrected chi connectivity index (χ0v) is 13.4. The molecule has 2 rings (SSSR count). The number of rotatable bonds is 5. The smallest absolute Gasteiger partial charge is 0.243 e. The van der Waals surface area contributed by atoms with Crippen molar-refractivity contribution < 1.29 is 8.42 Å². The van der Waals surface area contributed by atoms with Crippen molar-refractivity contribution >= 4 is 21.8 Å². The molecule has 0 aromatic heterocycles. The first-order valence-corrected chi connectivity index (χ1v) is 9.58. The Labute approximate surface area is 125 Å². The molecule has 0 amide bonds. The predicted molar refractivity (Wildman–Crippen MR) is 83.4 cm³/mol. The number of hydrogen-bond donors (Lipinski definition) is 1. The molecule has 0 aliphatic carbocycles. The second-order valence-electron chi connectivity index (χ2n) is 5.13. The van der Waals surface area contributed by atoms with E-state index in [2.05, 4.69) is 0 Å². The Morgan fingerprint density at radius 3 is 2.95 bits per heavy atom. The van der Waals surface area contributed by atoms with Crippen molar-refractivity contribution in [3.63, 3.8) is 0 Å². The monoisotopic (exact) mass is 314 g/mol. The Balaban J connectivity index is 2.20. The molecule has 0 spiro atoms. The molecule has 1 aromatic carbocycles. The third-order valence-electron chi connectivity index (χ3n) is 3.74. The highest BCUT2D eigenvalue weighted by Gasteiger charge is 2.29. The molecule has 1 unspecified atom stereocenters. The van der Waals surface area contributed by atoms with Crippen LogP contribution in [-0.2, 0) is 10.0 Å². The fourth-order valence-electron chi connectivity index (χ4n) is 2.63. The maximum Gasteiger partial charge on any atom is 0.243 e. The Bertz CT molecular complexity index is 544. The summed E-state index contributed by atoms with van der Waals surface area (Å²) >= 11 is 1.55. The van der Waals surface area contributed by atoms with E-state index in [4.69, 9.17) is 5.73 Å². The number of nitrogens with zero attached hydrogens (tertiary/aromatic N) is 1. The number of piperidine rings is 1. The Kier molecular flexibility index (Phi) is 5.49. The van der Waals surface area contributed by atoms with Gasteiger partial charge in [-0.05, 0) is 56.2 Å². The van der Waals surface area contributed by atoms with Crippen LogP contribution in [0.3, 0.4) is 0 Å². The highest BCUT2D eigenvalue weighted by molar-refractivity contribution is 7.98. The van der Waals surface area contributed by atoms with Crippen LogP contribution in [0.5, 0.6) is 0 Å². The molecule has 2 N–H and O–H groups in total. The molecule has 1 aromatic rings. The lowest BCUT2D eigenvalue weighted by atomic mass is 9.96. The number of sulfonamides is 1. The quantitative estimate of drug-likeness (QED) is 0.846. The molecule has 0 bridgehead atoms. The van der Waals surface area contributed by atoms with E-state index in [1.807, 2.05) is 12.3 Å². The molecule has 1 aliphatic heterocycles. The predicted octanol–water partition coefficient (Wildman–Crippen LogP) is 2.16. The van der Waals surface area contributed by atoms with E-state index >= 15 is 0 Å². The van der Waals surface area contributed by atoms with Crippen molar-refractivity contribution in [2.45, 2.75) is 29.1 Å². The SMILES string of the molecule is CSc1cccc(S(=O)(=O)N2CCCC(CCN)C2)c1. The minimum atomic E-state index is -3.37. The van der Waals surface area contributed by atoms with Crippen LogP contribution in [0.25, 0.3) is 0 Å². The van der Waals surface area contributed by atoms with E-state index in [0.717, 1.165) is 24.2 Å². The van der Waals surface area contributed by atoms with Crippen molar-refractivity contribution in [1.82, 2.24) is 4.31 Å². The molecular weight excluding hydrogens is 292 g/mol. The van der Waals surface area contributed by atoms with Crippen LogP contribution in [-0.4, -0.2) is 38.6 Å². The van der Waals surface area contributed by atoms with Gasteiger partial charge in [0.2, 0.25) is 10.0 Å². The summed E-state index contributed by atoms with van der Waals surface area (Å²) in [5.41, 5.74) is 5.59. The fraction of sp³-hybridized carbons (Fsp3) is 0.571. The third-order valence-corrected chi connectivity index (χ3v) is 6.32. The Hall–Kier alpha value is -0.560. The van der Waals surface area contributed by atoms with E-state index < -0.39 is 10.0 Å². The van der Waals surface area contributed by atoms with Crippen LogP contribution in [0, 0.1) is 5.92 Å². The lowest BCUT2D eigenvalue weighted by Crippen LogP contribution is -2.40. The lowest BCUT2D eigenvalue weighted by molar-refractivity contribution is 0.258. The van der Waals surface area contributed by atoms with E-state index in [0.29, 0.717) is 30.4 Å². The molecule has 0 radical (unpaired) electrons. The maximum absolute atomic E-state index is 12.7. The lowest BCUT2D eigenvalue weighted by Gasteiger charge is -2.31. The van der Waals surface area contributed by atoms with E-state index in [1.54, 1.807) is 34.3 Å². The van der Waals surface area contributed by atoms with Crippen LogP contribution in [0.4, 0.5) is 0 Å². The molecule has 1 atom stereocenters. The van der Waals surface area contributed by atoms with Gasteiger partial charge in [-0.15, -0.1) is 11.8 Å². The number of thioether (sulfide) groups is 1. The van der Waals surface area contributed by atoms with Gasteiger partial charge in [-0.1, -0.05) is 6.07 Å². The van der Waals surface area contributed by atoms with Crippen LogP contribution in [0.15, 0.2) is 34.1 Å². The Morgan fingerprint density at radius 1 is 1.45 bits per heavy atom. The summed E-state index contributed by atoms with van der Waals surface area (Å²) in [4.78, 5) is 1.37. The summed E-state index contributed by atoms with van der Waals surface area (Å²) < 4.78 is 27.0. The first-order valence-electron chi connectivity index (χ1n) is 6.92. The highest BCUT2D eigenvalue weighted by atomic mass is 32.2. The van der Waals surface area contributed by atoms with Gasteiger partial charge in [-0.25, -0.2) is 8.42 Å². The van der Waals surface area contributed by atoms with Gasteiger partial charge in [0.25, 0.3) is 0 Å². The van der Waals surface area contributed by atoms with Gasteiger partial charge in [0.05, 0.1) is 4.90 Å². The molecule has 0 saturated carbocycles. The molecule has 1 saturated heterocycles. The van der Waals surface area contributed by atoms with Crippen molar-refractivity contribution in [1.29, 1.82) is 0 Å². The standard InChI is InChI=1S/C14H22N2O2S2/c1-19-13-5-2-6-14(10-13)20(17,18)16-9-3-4-12(11-16)7-8-15/h2,5-6,10,12H,3-4,7-9,11,15H2,1H3. The zero-order valence-electron chi connectivity index (χ0n) is 11.8. The molecular formula is C14H22N2O2S2. The van der Waals surface area contributed by atoms with Crippen molar-refractivity contribution in [3.05, 3.63) is 24.3 Å². The van der Waals surface area contributed by atoms with Gasteiger partial charge in [0.1, 0.15) is 0 Å². The summed E-state index contributed by atoms with van der Waals surface area (Å²) in [7, 11) is -3.37. The van der Waals surface area contributed by atoms with Crippen LogP contribution in [0.1, 0.15) is 19.3 Å². The maximum atomic E-state index is 12.7. The van der Waals surface area contributed by atoms with Gasteiger partial charge >= 0.3 is 0 Å². The molecule has 4 nitrogen and oxygen atoms in total. The number of nitrogens with two attached hydrogens (primary N) is 1. The second kappa shape index (κ2) is 6.93. The summed E-state index contributed by atoms with van der Waals surface area (Å²) in [6, 6.07) is 7.17. The molecule has 1 aliphatic rings. The van der Waals surface area contributed by atoms with Crippen LogP contribution < -0.4 is 5.73 Å². The summed E-state index contributed by atoms with van der Waals surface area (Å²) in [6.07, 6.45) is 4.85. The third kappa shape index (κ3) is 3.55. The van der Waals surface area contributed by atoms with Crippen LogP contribution in [0.2, 0.25) is 0 Å². The van der Waals surface area contributed by atoms with Crippen molar-refractivity contribution in [2.75, 3.05) is 25.9 Å². The average Bonchev–Trinajstić information content (AvgIpc) is 2.48. The largest absolute Gasteiger partial charge is 0.330 e. The minimum Gasteiger partial charge on any atom is -0.330 e. The van der Waals surface area contributed by atoms with Gasteiger partial charge in [-0.2, -0.15) is 4.31 Å². The van der Waals surface area contributed by atoms with E-state index in [-0.39, 0.29) is 0 Å². The summed E-state index contributed by atoms with van der Waals surface area (Å²) in [6.45, 7) is 1.84. The first kappa shape index (κ1) is 15.8. The average molecular weight is 314 g/mol. The van der Waals surface area contributed by atoms with Gasteiger partial charge in [0, 0.05) is 18.0 Å². The topological polar surface area (TPSA) is 63.4 Å². The van der Waals surface area contributed by atoms with E-state index in [1.165, 1.54) is 0 Å². The second-order valence-corrected chi connectivity index (χ2v) is 7.95. The van der Waals surface area contributed by atoms with Crippen molar-refractivity contribution in [2.24, 2.45) is 11.7 Å². The normalized spacial score (nSPS) is 21.0. The molecule has 20 heavy (non-hydrogen) atoms. The van der Waals surface area contributed by atoms with Crippen molar-refractivity contribution in [3.8, 4) is 0 Å². The van der Waals surface area contributed by atoms with Gasteiger partial charge < -0.3 is 5.73 Å². The van der Waals surface area contributed by atoms with E-state index in [9.17, 15) is 8.42 Å². The van der Waals surface area contributed by atoms with Gasteiger partial charge in [0.15, 0.2) is 0 Å².